The van der Waals surface area contributed by atoms with Crippen LogP contribution in [0.3, 0.4) is 0 Å². The summed E-state index contributed by atoms with van der Waals surface area (Å²) in [4.78, 5) is 4.77. The Morgan fingerprint density at radius 2 is 1.96 bits per heavy atom. The Balaban J connectivity index is 1.72. The molecule has 3 aromatic rings. The van der Waals surface area contributed by atoms with Crippen LogP contribution in [0, 0.1) is 13.8 Å². The lowest BCUT2D eigenvalue weighted by Gasteiger charge is -2.21. The number of aryl methyl sites for hydroxylation is 1. The summed E-state index contributed by atoms with van der Waals surface area (Å²) >= 11 is 0. The Hall–Kier alpha value is -2.60. The van der Waals surface area contributed by atoms with E-state index in [4.69, 9.17) is 19.6 Å². The standard InChI is InChI=1S/C22H28N4O2/c1-14-15(2)23-21-13-19(17-9-11-28-12-10-17)25-26(21)22(14)24-16(3)18-7-5-6-8-20(18)27-4/h5-8,13,16-17,24H,9-12H2,1-4H3/t16-/m1/s1. The van der Waals surface area contributed by atoms with Crippen LogP contribution in [0.1, 0.15) is 54.2 Å². The quantitative estimate of drug-likeness (QED) is 0.710. The minimum Gasteiger partial charge on any atom is -0.496 e. The molecule has 0 radical (unpaired) electrons. The molecule has 1 atom stereocenters. The van der Waals surface area contributed by atoms with Gasteiger partial charge < -0.3 is 14.8 Å². The van der Waals surface area contributed by atoms with Crippen molar-refractivity contribution < 1.29 is 9.47 Å². The van der Waals surface area contributed by atoms with Crippen molar-refractivity contribution in [2.45, 2.75) is 45.6 Å². The maximum atomic E-state index is 5.54. The van der Waals surface area contributed by atoms with E-state index >= 15 is 0 Å². The van der Waals surface area contributed by atoms with E-state index < -0.39 is 0 Å². The molecule has 28 heavy (non-hydrogen) atoms. The highest BCUT2D eigenvalue weighted by Gasteiger charge is 2.22. The molecule has 2 aromatic heterocycles. The molecule has 1 N–H and O–H groups in total. The van der Waals surface area contributed by atoms with Crippen LogP contribution >= 0.6 is 0 Å². The van der Waals surface area contributed by atoms with Gasteiger partial charge in [0, 0.05) is 42.0 Å². The van der Waals surface area contributed by atoms with Crippen LogP contribution < -0.4 is 10.1 Å². The van der Waals surface area contributed by atoms with Crippen molar-refractivity contribution in [1.82, 2.24) is 14.6 Å². The first kappa shape index (κ1) is 18.7. The molecule has 1 saturated heterocycles. The van der Waals surface area contributed by atoms with Gasteiger partial charge in [-0.3, -0.25) is 0 Å². The summed E-state index contributed by atoms with van der Waals surface area (Å²) < 4.78 is 13.0. The molecule has 0 amide bonds. The Bertz CT molecular complexity index is 976. The number of nitrogens with one attached hydrogen (secondary N) is 1. The number of para-hydroxylation sites is 1. The van der Waals surface area contributed by atoms with Crippen molar-refractivity contribution in [3.63, 3.8) is 0 Å². The zero-order valence-electron chi connectivity index (χ0n) is 17.0. The third-order valence-electron chi connectivity index (χ3n) is 5.70. The normalized spacial score (nSPS) is 16.3. The van der Waals surface area contributed by atoms with Gasteiger partial charge in [-0.05, 0) is 39.7 Å². The van der Waals surface area contributed by atoms with E-state index in [-0.39, 0.29) is 6.04 Å². The smallest absolute Gasteiger partial charge is 0.157 e. The number of ether oxygens (including phenoxy) is 2. The molecule has 1 fully saturated rings. The molecule has 4 rings (SSSR count). The highest BCUT2D eigenvalue weighted by Crippen LogP contribution is 2.31. The summed E-state index contributed by atoms with van der Waals surface area (Å²) in [5.74, 6) is 2.31. The van der Waals surface area contributed by atoms with Crippen molar-refractivity contribution in [1.29, 1.82) is 0 Å². The zero-order chi connectivity index (χ0) is 19.7. The zero-order valence-corrected chi connectivity index (χ0v) is 17.0. The molecule has 0 bridgehead atoms. The van der Waals surface area contributed by atoms with Crippen molar-refractivity contribution in [2.24, 2.45) is 0 Å². The van der Waals surface area contributed by atoms with Gasteiger partial charge >= 0.3 is 0 Å². The van der Waals surface area contributed by atoms with Crippen molar-refractivity contribution in [2.75, 3.05) is 25.6 Å². The fourth-order valence-electron chi connectivity index (χ4n) is 3.89. The van der Waals surface area contributed by atoms with Crippen molar-refractivity contribution in [3.05, 3.63) is 52.8 Å². The van der Waals surface area contributed by atoms with Gasteiger partial charge in [0.25, 0.3) is 0 Å². The number of methoxy groups -OCH3 is 1. The molecule has 0 aliphatic carbocycles. The second-order valence-electron chi connectivity index (χ2n) is 7.50. The Kier molecular flexibility index (Phi) is 5.22. The number of anilines is 1. The number of rotatable bonds is 5. The van der Waals surface area contributed by atoms with Gasteiger partial charge in [-0.25, -0.2) is 4.98 Å². The maximum Gasteiger partial charge on any atom is 0.157 e. The maximum absolute atomic E-state index is 5.54. The Morgan fingerprint density at radius 1 is 1.21 bits per heavy atom. The highest BCUT2D eigenvalue weighted by atomic mass is 16.5. The van der Waals surface area contributed by atoms with Gasteiger partial charge in [0.05, 0.1) is 18.8 Å². The van der Waals surface area contributed by atoms with Crippen molar-refractivity contribution >= 4 is 11.5 Å². The number of nitrogens with zero attached hydrogens (tertiary/aromatic N) is 3. The third-order valence-corrected chi connectivity index (χ3v) is 5.70. The van der Waals surface area contributed by atoms with Crippen LogP contribution in [-0.2, 0) is 4.74 Å². The minimum atomic E-state index is 0.0654. The molecule has 0 unspecified atom stereocenters. The van der Waals surface area contributed by atoms with Crippen LogP contribution in [0.15, 0.2) is 30.3 Å². The lowest BCUT2D eigenvalue weighted by molar-refractivity contribution is 0.0844. The van der Waals surface area contributed by atoms with E-state index in [1.54, 1.807) is 7.11 Å². The van der Waals surface area contributed by atoms with E-state index in [1.807, 2.05) is 22.7 Å². The molecule has 0 saturated carbocycles. The summed E-state index contributed by atoms with van der Waals surface area (Å²) in [7, 11) is 1.71. The van der Waals surface area contributed by atoms with E-state index in [9.17, 15) is 0 Å². The first-order chi connectivity index (χ1) is 13.6. The van der Waals surface area contributed by atoms with E-state index in [1.165, 1.54) is 0 Å². The SMILES string of the molecule is COc1ccccc1[C@@H](C)Nc1c(C)c(C)nc2cc(C3CCOCC3)nn12. The summed E-state index contributed by atoms with van der Waals surface area (Å²) in [6.45, 7) is 7.89. The molecular formula is C22H28N4O2. The van der Waals surface area contributed by atoms with Gasteiger partial charge in [0.1, 0.15) is 11.6 Å². The largest absolute Gasteiger partial charge is 0.496 e. The summed E-state index contributed by atoms with van der Waals surface area (Å²) in [6.07, 6.45) is 2.03. The van der Waals surface area contributed by atoms with E-state index in [2.05, 4.69) is 38.2 Å². The van der Waals surface area contributed by atoms with Crippen LogP contribution in [0.2, 0.25) is 0 Å². The number of hydrogen-bond donors (Lipinski definition) is 1. The molecule has 0 spiro atoms. The van der Waals surface area contributed by atoms with Crippen LogP contribution in [0.4, 0.5) is 5.82 Å². The fourth-order valence-corrected chi connectivity index (χ4v) is 3.89. The summed E-state index contributed by atoms with van der Waals surface area (Å²) in [5.41, 5.74) is 5.23. The first-order valence-electron chi connectivity index (χ1n) is 9.92. The molecule has 1 aliphatic heterocycles. The van der Waals surface area contributed by atoms with Gasteiger partial charge in [0.2, 0.25) is 0 Å². The second-order valence-corrected chi connectivity index (χ2v) is 7.50. The van der Waals surface area contributed by atoms with Gasteiger partial charge in [-0.2, -0.15) is 9.61 Å². The third kappa shape index (κ3) is 3.44. The van der Waals surface area contributed by atoms with E-state index in [0.717, 1.165) is 65.8 Å². The lowest BCUT2D eigenvalue weighted by Crippen LogP contribution is -2.15. The average Bonchev–Trinajstić information content (AvgIpc) is 3.15. The van der Waals surface area contributed by atoms with Crippen LogP contribution in [0.5, 0.6) is 5.75 Å². The predicted molar refractivity (Wildman–Crippen MR) is 110 cm³/mol. The second kappa shape index (κ2) is 7.80. The number of benzene rings is 1. The van der Waals surface area contributed by atoms with Gasteiger partial charge in [0.15, 0.2) is 5.65 Å². The van der Waals surface area contributed by atoms with Gasteiger partial charge in [-0.1, -0.05) is 18.2 Å². The number of fused-ring (bicyclic) bond motifs is 1. The molecule has 1 aromatic carbocycles. The summed E-state index contributed by atoms with van der Waals surface area (Å²) in [6, 6.07) is 10.3. The molecule has 6 heteroatoms. The number of aromatic nitrogens is 3. The van der Waals surface area contributed by atoms with E-state index in [0.29, 0.717) is 5.92 Å². The minimum absolute atomic E-state index is 0.0654. The topological polar surface area (TPSA) is 60.7 Å². The average molecular weight is 380 g/mol. The molecule has 6 nitrogen and oxygen atoms in total. The molecule has 1 aliphatic rings. The highest BCUT2D eigenvalue weighted by molar-refractivity contribution is 5.57. The summed E-state index contributed by atoms with van der Waals surface area (Å²) in [5, 5.41) is 8.59. The molecule has 148 valence electrons. The Labute approximate surface area is 165 Å². The van der Waals surface area contributed by atoms with Crippen molar-refractivity contribution in [3.8, 4) is 5.75 Å². The molecule has 3 heterocycles. The fraction of sp³-hybridized carbons (Fsp3) is 0.455. The molecular weight excluding hydrogens is 352 g/mol. The van der Waals surface area contributed by atoms with Crippen LogP contribution in [-0.4, -0.2) is 34.9 Å². The number of hydrogen-bond acceptors (Lipinski definition) is 5. The predicted octanol–water partition coefficient (Wildman–Crippen LogP) is 4.42. The van der Waals surface area contributed by atoms with Crippen LogP contribution in [0.25, 0.3) is 5.65 Å². The van der Waals surface area contributed by atoms with Gasteiger partial charge in [-0.15, -0.1) is 0 Å². The first-order valence-corrected chi connectivity index (χ1v) is 9.92. The lowest BCUT2D eigenvalue weighted by atomic mass is 9.97. The monoisotopic (exact) mass is 380 g/mol. The Morgan fingerprint density at radius 3 is 2.71 bits per heavy atom.